The number of benzene rings is 3. The summed E-state index contributed by atoms with van der Waals surface area (Å²) < 4.78 is 33.6. The lowest BCUT2D eigenvalue weighted by atomic mass is 10.1. The summed E-state index contributed by atoms with van der Waals surface area (Å²) in [5, 5.41) is 3.48. The van der Waals surface area contributed by atoms with Gasteiger partial charge in [-0.15, -0.1) is 11.3 Å². The molecule has 0 unspecified atom stereocenters. The molecule has 1 heterocycles. The Morgan fingerprint density at radius 1 is 1.00 bits per heavy atom. The monoisotopic (exact) mass is 558 g/mol. The van der Waals surface area contributed by atoms with E-state index in [9.17, 15) is 18.0 Å². The number of methoxy groups -OCH3 is 1. The van der Waals surface area contributed by atoms with E-state index in [1.165, 1.54) is 41.9 Å². The second kappa shape index (κ2) is 9.57. The number of amides is 1. The fraction of sp³-hybridized carbons (Fsp3) is 0.0833. The van der Waals surface area contributed by atoms with Crippen LogP contribution in [-0.2, 0) is 14.8 Å². The lowest BCUT2D eigenvalue weighted by Crippen LogP contribution is -2.26. The van der Waals surface area contributed by atoms with E-state index >= 15 is 0 Å². The molecule has 4 aromatic rings. The molecule has 0 spiro atoms. The SMILES string of the molecule is COC(=O)c1ccccc1NC(=O)c1cc2cc(N(C)S(=O)(=O)c3ccc(Br)cc3)ccc2s1. The third-order valence-corrected chi connectivity index (χ3v) is 8.58. The molecule has 1 aromatic heterocycles. The summed E-state index contributed by atoms with van der Waals surface area (Å²) >= 11 is 4.58. The fourth-order valence-corrected chi connectivity index (χ4v) is 5.70. The van der Waals surface area contributed by atoms with Crippen LogP contribution in [0.15, 0.2) is 82.2 Å². The van der Waals surface area contributed by atoms with Crippen molar-refractivity contribution in [2.75, 3.05) is 23.8 Å². The molecule has 0 aliphatic rings. The summed E-state index contributed by atoms with van der Waals surface area (Å²) in [6.45, 7) is 0. The van der Waals surface area contributed by atoms with E-state index in [1.807, 2.05) is 0 Å². The minimum atomic E-state index is -3.75. The molecule has 0 fully saturated rings. The Morgan fingerprint density at radius 2 is 1.71 bits per heavy atom. The molecular formula is C24H19BrN2O5S2. The van der Waals surface area contributed by atoms with Crippen molar-refractivity contribution < 1.29 is 22.7 Å². The van der Waals surface area contributed by atoms with Gasteiger partial charge in [-0.25, -0.2) is 13.2 Å². The summed E-state index contributed by atoms with van der Waals surface area (Å²) in [4.78, 5) is 25.4. The van der Waals surface area contributed by atoms with Gasteiger partial charge in [-0.05, 0) is 66.0 Å². The van der Waals surface area contributed by atoms with E-state index < -0.39 is 16.0 Å². The van der Waals surface area contributed by atoms with Crippen LogP contribution in [0.2, 0.25) is 0 Å². The van der Waals surface area contributed by atoms with Crippen LogP contribution in [0.5, 0.6) is 0 Å². The highest BCUT2D eigenvalue weighted by Gasteiger charge is 2.22. The van der Waals surface area contributed by atoms with E-state index in [4.69, 9.17) is 4.74 Å². The molecule has 34 heavy (non-hydrogen) atoms. The average molecular weight is 559 g/mol. The van der Waals surface area contributed by atoms with Crippen molar-refractivity contribution in [3.63, 3.8) is 0 Å². The molecule has 0 saturated heterocycles. The third-order valence-electron chi connectivity index (χ3n) is 5.14. The van der Waals surface area contributed by atoms with Crippen LogP contribution in [0.25, 0.3) is 10.1 Å². The normalized spacial score (nSPS) is 11.3. The number of sulfonamides is 1. The maximum Gasteiger partial charge on any atom is 0.339 e. The molecule has 0 bridgehead atoms. The van der Waals surface area contributed by atoms with Gasteiger partial charge in [0, 0.05) is 16.2 Å². The summed E-state index contributed by atoms with van der Waals surface area (Å²) in [5.41, 5.74) is 1.07. The lowest BCUT2D eigenvalue weighted by Gasteiger charge is -2.19. The number of carbonyl (C=O) groups excluding carboxylic acids is 2. The highest BCUT2D eigenvalue weighted by molar-refractivity contribution is 9.10. The number of hydrogen-bond donors (Lipinski definition) is 1. The summed E-state index contributed by atoms with van der Waals surface area (Å²) in [6, 6.07) is 19.9. The standard InChI is InChI=1S/C24H19BrN2O5S2/c1-27(34(30,31)18-10-7-16(25)8-11-18)17-9-12-21-15(13-17)14-22(33-21)23(28)26-20-6-4-3-5-19(20)24(29)32-2/h3-14H,1-2H3,(H,26,28). The van der Waals surface area contributed by atoms with Crippen molar-refractivity contribution in [1.82, 2.24) is 0 Å². The zero-order valence-electron chi connectivity index (χ0n) is 18.1. The number of nitrogens with zero attached hydrogens (tertiary/aromatic N) is 1. The highest BCUT2D eigenvalue weighted by atomic mass is 79.9. The molecule has 7 nitrogen and oxygen atoms in total. The van der Waals surface area contributed by atoms with Gasteiger partial charge < -0.3 is 10.1 Å². The van der Waals surface area contributed by atoms with Crippen LogP contribution in [0.3, 0.4) is 0 Å². The van der Waals surface area contributed by atoms with E-state index in [0.29, 0.717) is 16.3 Å². The molecule has 4 rings (SSSR count). The van der Waals surface area contributed by atoms with Crippen LogP contribution in [0.4, 0.5) is 11.4 Å². The first-order chi connectivity index (χ1) is 16.2. The Hall–Kier alpha value is -3.21. The van der Waals surface area contributed by atoms with Gasteiger partial charge in [-0.3, -0.25) is 9.10 Å². The molecule has 3 aromatic carbocycles. The van der Waals surface area contributed by atoms with Gasteiger partial charge >= 0.3 is 5.97 Å². The smallest absolute Gasteiger partial charge is 0.339 e. The summed E-state index contributed by atoms with van der Waals surface area (Å²) in [7, 11) is -0.986. The number of rotatable bonds is 6. The number of para-hydroxylation sites is 1. The zero-order valence-corrected chi connectivity index (χ0v) is 21.3. The van der Waals surface area contributed by atoms with Crippen molar-refractivity contribution >= 4 is 70.6 Å². The predicted molar refractivity (Wildman–Crippen MR) is 137 cm³/mol. The molecule has 0 saturated carbocycles. The molecule has 10 heteroatoms. The number of fused-ring (bicyclic) bond motifs is 1. The van der Waals surface area contributed by atoms with E-state index in [0.717, 1.165) is 14.6 Å². The first kappa shape index (κ1) is 23.9. The van der Waals surface area contributed by atoms with Gasteiger partial charge in [0.05, 0.1) is 33.8 Å². The molecule has 1 amide bonds. The molecule has 0 aliphatic heterocycles. The minimum Gasteiger partial charge on any atom is -0.465 e. The molecule has 174 valence electrons. The number of anilines is 2. The number of nitrogens with one attached hydrogen (secondary N) is 1. The van der Waals surface area contributed by atoms with Crippen LogP contribution in [-0.4, -0.2) is 34.5 Å². The molecule has 0 aliphatic carbocycles. The van der Waals surface area contributed by atoms with Crippen molar-refractivity contribution in [3.05, 3.63) is 87.7 Å². The molecule has 0 atom stereocenters. The quantitative estimate of drug-likeness (QED) is 0.314. The van der Waals surface area contributed by atoms with E-state index in [-0.39, 0.29) is 16.4 Å². The Labute approximate surface area is 209 Å². The van der Waals surface area contributed by atoms with Gasteiger partial charge in [0.25, 0.3) is 15.9 Å². The first-order valence-electron chi connectivity index (χ1n) is 9.97. The maximum atomic E-state index is 13.0. The van der Waals surface area contributed by atoms with Crippen molar-refractivity contribution in [3.8, 4) is 0 Å². The zero-order chi connectivity index (χ0) is 24.5. The minimum absolute atomic E-state index is 0.174. The van der Waals surface area contributed by atoms with Crippen LogP contribution < -0.4 is 9.62 Å². The van der Waals surface area contributed by atoms with Crippen molar-refractivity contribution in [2.24, 2.45) is 0 Å². The summed E-state index contributed by atoms with van der Waals surface area (Å²) in [5.74, 6) is -0.929. The number of carbonyl (C=O) groups is 2. The number of thiophene rings is 1. The lowest BCUT2D eigenvalue weighted by molar-refractivity contribution is 0.0602. The number of halogens is 1. The predicted octanol–water partition coefficient (Wildman–Crippen LogP) is 5.53. The fourth-order valence-electron chi connectivity index (χ4n) is 3.31. The van der Waals surface area contributed by atoms with Crippen molar-refractivity contribution in [1.29, 1.82) is 0 Å². The summed E-state index contributed by atoms with van der Waals surface area (Å²) in [6.07, 6.45) is 0. The van der Waals surface area contributed by atoms with Gasteiger partial charge in [-0.1, -0.05) is 28.1 Å². The van der Waals surface area contributed by atoms with Gasteiger partial charge in [-0.2, -0.15) is 0 Å². The Bertz CT molecular complexity index is 1500. The Kier molecular flexibility index (Phi) is 6.74. The number of esters is 1. The van der Waals surface area contributed by atoms with Gasteiger partial charge in [0.2, 0.25) is 0 Å². The second-order valence-electron chi connectivity index (χ2n) is 7.25. The van der Waals surface area contributed by atoms with E-state index in [2.05, 4.69) is 21.2 Å². The molecule has 0 radical (unpaired) electrons. The average Bonchev–Trinajstić information content (AvgIpc) is 3.27. The Morgan fingerprint density at radius 3 is 2.41 bits per heavy atom. The van der Waals surface area contributed by atoms with Gasteiger partial charge in [0.15, 0.2) is 0 Å². The molecule has 1 N–H and O–H groups in total. The first-order valence-corrected chi connectivity index (χ1v) is 13.0. The van der Waals surface area contributed by atoms with Crippen LogP contribution in [0, 0.1) is 0 Å². The Balaban J connectivity index is 1.61. The number of ether oxygens (including phenoxy) is 1. The largest absolute Gasteiger partial charge is 0.465 e. The van der Waals surface area contributed by atoms with Crippen LogP contribution >= 0.6 is 27.3 Å². The topological polar surface area (TPSA) is 92.8 Å². The third kappa shape index (κ3) is 4.70. The maximum absolute atomic E-state index is 13.0. The van der Waals surface area contributed by atoms with Crippen molar-refractivity contribution in [2.45, 2.75) is 4.90 Å². The van der Waals surface area contributed by atoms with Crippen LogP contribution in [0.1, 0.15) is 20.0 Å². The number of hydrogen-bond acceptors (Lipinski definition) is 6. The molecular weight excluding hydrogens is 540 g/mol. The van der Waals surface area contributed by atoms with Gasteiger partial charge in [0.1, 0.15) is 0 Å². The highest BCUT2D eigenvalue weighted by Crippen LogP contribution is 2.32. The second-order valence-corrected chi connectivity index (χ2v) is 11.2. The van der Waals surface area contributed by atoms with E-state index in [1.54, 1.807) is 60.7 Å².